The zero-order valence-corrected chi connectivity index (χ0v) is 12.9. The summed E-state index contributed by atoms with van der Waals surface area (Å²) in [5.74, 6) is 0. The second-order valence-corrected chi connectivity index (χ2v) is 5.62. The number of rotatable bonds is 5. The van der Waals surface area contributed by atoms with Crippen molar-refractivity contribution in [3.8, 4) is 0 Å². The molecule has 0 spiro atoms. The predicted molar refractivity (Wildman–Crippen MR) is 83.0 cm³/mol. The Bertz CT molecular complexity index is 505. The number of nitrogens with one attached hydrogen (secondary N) is 1. The summed E-state index contributed by atoms with van der Waals surface area (Å²) in [5, 5.41) is 3.59. The Kier molecular flexibility index (Phi) is 5.11. The summed E-state index contributed by atoms with van der Waals surface area (Å²) in [7, 11) is 0. The number of benzene rings is 1. The molecule has 0 fully saturated rings. The number of pyridine rings is 1. The summed E-state index contributed by atoms with van der Waals surface area (Å²) >= 11 is 3.47. The standard InChI is InChI=1S/C16H19BrN2/c1-3-16(14-6-8-15(17)9-7-14)19-11-13-5-4-12(2)18-10-13/h4-10,16,19H,3,11H2,1-2H3. The lowest BCUT2D eigenvalue weighted by Crippen LogP contribution is -2.20. The van der Waals surface area contributed by atoms with Crippen molar-refractivity contribution in [2.45, 2.75) is 32.9 Å². The zero-order valence-electron chi connectivity index (χ0n) is 11.4. The third-order valence-corrected chi connectivity index (χ3v) is 3.73. The molecule has 2 aromatic rings. The monoisotopic (exact) mass is 318 g/mol. The minimum absolute atomic E-state index is 0.384. The fourth-order valence-corrected chi connectivity index (χ4v) is 2.30. The van der Waals surface area contributed by atoms with Crippen LogP contribution in [-0.4, -0.2) is 4.98 Å². The van der Waals surface area contributed by atoms with E-state index in [1.54, 1.807) is 0 Å². The van der Waals surface area contributed by atoms with Crippen molar-refractivity contribution in [3.05, 3.63) is 63.9 Å². The molecule has 1 heterocycles. The fraction of sp³-hybridized carbons (Fsp3) is 0.312. The highest BCUT2D eigenvalue weighted by atomic mass is 79.9. The number of nitrogens with zero attached hydrogens (tertiary/aromatic N) is 1. The first kappa shape index (κ1) is 14.2. The number of aryl methyl sites for hydroxylation is 1. The third kappa shape index (κ3) is 4.15. The van der Waals surface area contributed by atoms with E-state index in [0.29, 0.717) is 6.04 Å². The summed E-state index contributed by atoms with van der Waals surface area (Å²) in [6, 6.07) is 13.1. The first-order valence-electron chi connectivity index (χ1n) is 6.59. The Hall–Kier alpha value is -1.19. The van der Waals surface area contributed by atoms with E-state index in [1.807, 2.05) is 13.1 Å². The van der Waals surface area contributed by atoms with Crippen LogP contribution in [0.3, 0.4) is 0 Å². The maximum atomic E-state index is 4.32. The van der Waals surface area contributed by atoms with Gasteiger partial charge in [0.1, 0.15) is 0 Å². The molecule has 0 saturated heterocycles. The molecule has 100 valence electrons. The summed E-state index contributed by atoms with van der Waals surface area (Å²) in [5.41, 5.74) is 3.61. The number of aromatic nitrogens is 1. The van der Waals surface area contributed by atoms with E-state index in [9.17, 15) is 0 Å². The lowest BCUT2D eigenvalue weighted by molar-refractivity contribution is 0.518. The Morgan fingerprint density at radius 1 is 1.16 bits per heavy atom. The smallest absolute Gasteiger partial charge is 0.0372 e. The molecule has 0 aliphatic carbocycles. The highest BCUT2D eigenvalue weighted by Gasteiger charge is 2.08. The van der Waals surface area contributed by atoms with Gasteiger partial charge in [0, 0.05) is 29.0 Å². The van der Waals surface area contributed by atoms with E-state index in [-0.39, 0.29) is 0 Å². The molecule has 2 nitrogen and oxygen atoms in total. The highest BCUT2D eigenvalue weighted by molar-refractivity contribution is 9.10. The van der Waals surface area contributed by atoms with Crippen LogP contribution in [0.5, 0.6) is 0 Å². The Labute approximate surface area is 123 Å². The third-order valence-electron chi connectivity index (χ3n) is 3.21. The van der Waals surface area contributed by atoms with E-state index in [0.717, 1.165) is 23.1 Å². The van der Waals surface area contributed by atoms with Gasteiger partial charge in [-0.25, -0.2) is 0 Å². The SMILES string of the molecule is CCC(NCc1ccc(C)nc1)c1ccc(Br)cc1. The van der Waals surface area contributed by atoms with Gasteiger partial charge in [-0.2, -0.15) is 0 Å². The molecule has 1 N–H and O–H groups in total. The van der Waals surface area contributed by atoms with E-state index in [2.05, 4.69) is 69.6 Å². The van der Waals surface area contributed by atoms with Crippen LogP contribution in [0.25, 0.3) is 0 Å². The van der Waals surface area contributed by atoms with Crippen molar-refractivity contribution in [1.82, 2.24) is 10.3 Å². The van der Waals surface area contributed by atoms with E-state index < -0.39 is 0 Å². The molecule has 0 radical (unpaired) electrons. The van der Waals surface area contributed by atoms with Crippen LogP contribution in [0, 0.1) is 6.92 Å². The minimum atomic E-state index is 0.384. The van der Waals surface area contributed by atoms with Crippen molar-refractivity contribution in [2.75, 3.05) is 0 Å². The predicted octanol–water partition coefficient (Wildman–Crippen LogP) is 4.39. The van der Waals surface area contributed by atoms with Crippen molar-refractivity contribution in [2.24, 2.45) is 0 Å². The molecule has 0 amide bonds. The van der Waals surface area contributed by atoms with Gasteiger partial charge in [-0.05, 0) is 42.7 Å². The van der Waals surface area contributed by atoms with Crippen LogP contribution in [0.2, 0.25) is 0 Å². The van der Waals surface area contributed by atoms with Gasteiger partial charge in [-0.1, -0.05) is 41.1 Å². The molecule has 3 heteroatoms. The van der Waals surface area contributed by atoms with E-state index in [4.69, 9.17) is 0 Å². The van der Waals surface area contributed by atoms with Crippen LogP contribution in [0.4, 0.5) is 0 Å². The van der Waals surface area contributed by atoms with Gasteiger partial charge in [0.15, 0.2) is 0 Å². The molecule has 0 bridgehead atoms. The summed E-state index contributed by atoms with van der Waals surface area (Å²) in [6.45, 7) is 5.06. The topological polar surface area (TPSA) is 24.9 Å². The van der Waals surface area contributed by atoms with Gasteiger partial charge in [-0.15, -0.1) is 0 Å². The lowest BCUT2D eigenvalue weighted by atomic mass is 10.0. The van der Waals surface area contributed by atoms with Crippen molar-refractivity contribution < 1.29 is 0 Å². The lowest BCUT2D eigenvalue weighted by Gasteiger charge is -2.17. The molecular formula is C16H19BrN2. The molecule has 1 aromatic carbocycles. The largest absolute Gasteiger partial charge is 0.306 e. The molecule has 1 unspecified atom stereocenters. The van der Waals surface area contributed by atoms with Gasteiger partial charge < -0.3 is 5.32 Å². The quantitative estimate of drug-likeness (QED) is 0.884. The minimum Gasteiger partial charge on any atom is -0.306 e. The second kappa shape index (κ2) is 6.83. The molecule has 0 aliphatic heterocycles. The van der Waals surface area contributed by atoms with Gasteiger partial charge in [0.05, 0.1) is 0 Å². The van der Waals surface area contributed by atoms with Crippen LogP contribution >= 0.6 is 15.9 Å². The zero-order chi connectivity index (χ0) is 13.7. The van der Waals surface area contributed by atoms with Gasteiger partial charge >= 0.3 is 0 Å². The summed E-state index contributed by atoms with van der Waals surface area (Å²) in [6.07, 6.45) is 3.01. The maximum Gasteiger partial charge on any atom is 0.0372 e. The first-order chi connectivity index (χ1) is 9.19. The average molecular weight is 319 g/mol. The molecule has 2 rings (SSSR count). The molecule has 19 heavy (non-hydrogen) atoms. The second-order valence-electron chi connectivity index (χ2n) is 4.70. The summed E-state index contributed by atoms with van der Waals surface area (Å²) < 4.78 is 1.12. The Balaban J connectivity index is 1.99. The molecule has 1 atom stereocenters. The normalized spacial score (nSPS) is 12.4. The first-order valence-corrected chi connectivity index (χ1v) is 7.38. The van der Waals surface area contributed by atoms with Crippen LogP contribution in [0.1, 0.15) is 36.2 Å². The number of hydrogen-bond donors (Lipinski definition) is 1. The van der Waals surface area contributed by atoms with Crippen LogP contribution < -0.4 is 5.32 Å². The van der Waals surface area contributed by atoms with E-state index in [1.165, 1.54) is 11.1 Å². The number of hydrogen-bond acceptors (Lipinski definition) is 2. The average Bonchev–Trinajstić information content (AvgIpc) is 2.43. The maximum absolute atomic E-state index is 4.32. The van der Waals surface area contributed by atoms with Gasteiger partial charge in [0.2, 0.25) is 0 Å². The molecular weight excluding hydrogens is 300 g/mol. The molecule has 0 saturated carbocycles. The Morgan fingerprint density at radius 2 is 1.89 bits per heavy atom. The highest BCUT2D eigenvalue weighted by Crippen LogP contribution is 2.19. The Morgan fingerprint density at radius 3 is 2.47 bits per heavy atom. The van der Waals surface area contributed by atoms with Crippen molar-refractivity contribution >= 4 is 15.9 Å². The fourth-order valence-electron chi connectivity index (χ4n) is 2.04. The van der Waals surface area contributed by atoms with Gasteiger partial charge in [0.25, 0.3) is 0 Å². The van der Waals surface area contributed by atoms with Crippen LogP contribution in [0.15, 0.2) is 47.1 Å². The van der Waals surface area contributed by atoms with Crippen molar-refractivity contribution in [3.63, 3.8) is 0 Å². The van der Waals surface area contributed by atoms with Crippen molar-refractivity contribution in [1.29, 1.82) is 0 Å². The van der Waals surface area contributed by atoms with Crippen LogP contribution in [-0.2, 0) is 6.54 Å². The number of halogens is 1. The molecule has 0 aliphatic rings. The summed E-state index contributed by atoms with van der Waals surface area (Å²) in [4.78, 5) is 4.32. The van der Waals surface area contributed by atoms with Gasteiger partial charge in [-0.3, -0.25) is 4.98 Å². The molecule has 1 aromatic heterocycles. The van der Waals surface area contributed by atoms with E-state index >= 15 is 0 Å².